The van der Waals surface area contributed by atoms with Gasteiger partial charge in [-0.15, -0.1) is 0 Å². The van der Waals surface area contributed by atoms with E-state index in [1.165, 1.54) is 48.7 Å². The number of rotatable bonds is 3. The zero-order valence-corrected chi connectivity index (χ0v) is 15.1. The number of carbonyl (C=O) groups excluding carboxylic acids is 1. The van der Waals surface area contributed by atoms with Crippen LogP contribution in [0.1, 0.15) is 10.4 Å². The summed E-state index contributed by atoms with van der Waals surface area (Å²) in [6, 6.07) is 16.7. The zero-order chi connectivity index (χ0) is 19.7. The van der Waals surface area contributed by atoms with Gasteiger partial charge < -0.3 is 9.15 Å². The van der Waals surface area contributed by atoms with Crippen molar-refractivity contribution in [1.82, 2.24) is 0 Å². The molecule has 6 heteroatoms. The van der Waals surface area contributed by atoms with Crippen LogP contribution in [0.5, 0.6) is 5.75 Å². The van der Waals surface area contributed by atoms with E-state index in [1.807, 2.05) is 0 Å². The van der Waals surface area contributed by atoms with Crippen molar-refractivity contribution in [1.29, 1.82) is 0 Å². The number of carbonyl (C=O) groups is 1. The third-order valence-corrected chi connectivity index (χ3v) is 4.46. The lowest BCUT2D eigenvalue weighted by Gasteiger charge is -2.07. The van der Waals surface area contributed by atoms with Crippen molar-refractivity contribution in [3.05, 3.63) is 99.6 Å². The lowest BCUT2D eigenvalue weighted by atomic mass is 10.1. The highest BCUT2D eigenvalue weighted by Gasteiger charge is 2.15. The van der Waals surface area contributed by atoms with Crippen LogP contribution < -0.4 is 10.2 Å². The number of fused-ring (bicyclic) bond motifs is 1. The van der Waals surface area contributed by atoms with Crippen molar-refractivity contribution >= 4 is 28.5 Å². The van der Waals surface area contributed by atoms with Gasteiger partial charge in [0, 0.05) is 11.1 Å². The van der Waals surface area contributed by atoms with Gasteiger partial charge in [0.1, 0.15) is 23.4 Å². The maximum atomic E-state index is 13.7. The molecule has 4 nitrogen and oxygen atoms in total. The Hall–Kier alpha value is -3.44. The topological polar surface area (TPSA) is 56.5 Å². The number of benzene rings is 3. The Morgan fingerprint density at radius 2 is 1.75 bits per heavy atom. The Morgan fingerprint density at radius 3 is 2.50 bits per heavy atom. The minimum atomic E-state index is -0.836. The highest BCUT2D eigenvalue weighted by Crippen LogP contribution is 2.24. The summed E-state index contributed by atoms with van der Waals surface area (Å²) in [4.78, 5) is 24.9. The third kappa shape index (κ3) is 3.40. The van der Waals surface area contributed by atoms with E-state index in [-0.39, 0.29) is 22.3 Å². The van der Waals surface area contributed by atoms with Crippen LogP contribution in [0.15, 0.2) is 82.2 Å². The molecule has 0 saturated heterocycles. The van der Waals surface area contributed by atoms with E-state index in [0.29, 0.717) is 21.5 Å². The molecule has 4 rings (SSSR count). The van der Waals surface area contributed by atoms with Gasteiger partial charge in [-0.1, -0.05) is 35.9 Å². The second-order valence-corrected chi connectivity index (χ2v) is 6.45. The molecule has 0 saturated carbocycles. The molecule has 0 bridgehead atoms. The van der Waals surface area contributed by atoms with Gasteiger partial charge in [-0.05, 0) is 42.0 Å². The van der Waals surface area contributed by atoms with Crippen LogP contribution in [-0.4, -0.2) is 5.97 Å². The van der Waals surface area contributed by atoms with E-state index < -0.39 is 11.8 Å². The molecule has 0 spiro atoms. The van der Waals surface area contributed by atoms with Crippen LogP contribution in [0.3, 0.4) is 0 Å². The Bertz CT molecular complexity index is 1250. The summed E-state index contributed by atoms with van der Waals surface area (Å²) in [6.45, 7) is 0. The van der Waals surface area contributed by atoms with Crippen LogP contribution in [0.4, 0.5) is 4.39 Å². The average molecular weight is 395 g/mol. The summed E-state index contributed by atoms with van der Waals surface area (Å²) in [5.74, 6) is -1.37. The second-order valence-electron chi connectivity index (χ2n) is 6.01. The largest absolute Gasteiger partial charge is 0.463 e. The van der Waals surface area contributed by atoms with E-state index in [0.717, 1.165) is 0 Å². The van der Waals surface area contributed by atoms with E-state index >= 15 is 0 Å². The van der Waals surface area contributed by atoms with Crippen molar-refractivity contribution in [2.75, 3.05) is 0 Å². The first kappa shape index (κ1) is 17.9. The van der Waals surface area contributed by atoms with Crippen LogP contribution in [-0.2, 0) is 0 Å². The van der Waals surface area contributed by atoms with Crippen LogP contribution in [0.2, 0.25) is 5.02 Å². The SMILES string of the molecule is O=C(Oc1ccc2c(=O)c(-c3ccc(Cl)cc3)coc2c1)c1ccccc1F. The molecule has 3 aromatic carbocycles. The predicted molar refractivity (Wildman–Crippen MR) is 104 cm³/mol. The fourth-order valence-electron chi connectivity index (χ4n) is 2.79. The molecule has 0 N–H and O–H groups in total. The maximum Gasteiger partial charge on any atom is 0.346 e. The highest BCUT2D eigenvalue weighted by atomic mass is 35.5. The minimum absolute atomic E-state index is 0.142. The number of halogens is 2. The molecule has 1 heterocycles. The molecule has 0 fully saturated rings. The Balaban J connectivity index is 1.68. The molecule has 0 radical (unpaired) electrons. The molecule has 0 aliphatic carbocycles. The van der Waals surface area contributed by atoms with Crippen molar-refractivity contribution < 1.29 is 18.3 Å². The molecule has 0 aliphatic rings. The fraction of sp³-hybridized carbons (Fsp3) is 0. The van der Waals surface area contributed by atoms with Crippen LogP contribution in [0, 0.1) is 5.82 Å². The van der Waals surface area contributed by atoms with Crippen LogP contribution in [0.25, 0.3) is 22.1 Å². The quantitative estimate of drug-likeness (QED) is 0.341. The lowest BCUT2D eigenvalue weighted by Crippen LogP contribution is -2.11. The summed E-state index contributed by atoms with van der Waals surface area (Å²) in [6.07, 6.45) is 1.34. The van der Waals surface area contributed by atoms with E-state index in [9.17, 15) is 14.0 Å². The molecule has 1 aromatic heterocycles. The van der Waals surface area contributed by atoms with Crippen molar-refractivity contribution in [3.8, 4) is 16.9 Å². The van der Waals surface area contributed by atoms with Gasteiger partial charge in [-0.25, -0.2) is 9.18 Å². The Labute approximate surface area is 163 Å². The summed E-state index contributed by atoms with van der Waals surface area (Å²) in [7, 11) is 0. The van der Waals surface area contributed by atoms with E-state index in [2.05, 4.69) is 0 Å². The van der Waals surface area contributed by atoms with Gasteiger partial charge in [-0.3, -0.25) is 4.79 Å². The van der Waals surface area contributed by atoms with Gasteiger partial charge in [0.15, 0.2) is 5.43 Å². The van der Waals surface area contributed by atoms with Gasteiger partial charge in [0.2, 0.25) is 0 Å². The van der Waals surface area contributed by atoms with E-state index in [1.54, 1.807) is 24.3 Å². The summed E-state index contributed by atoms with van der Waals surface area (Å²) < 4.78 is 24.5. The van der Waals surface area contributed by atoms with Gasteiger partial charge in [0.25, 0.3) is 0 Å². The molecule has 0 unspecified atom stereocenters. The first-order valence-corrected chi connectivity index (χ1v) is 8.69. The average Bonchev–Trinajstić information content (AvgIpc) is 2.69. The summed E-state index contributed by atoms with van der Waals surface area (Å²) >= 11 is 5.88. The van der Waals surface area contributed by atoms with Gasteiger partial charge in [0.05, 0.1) is 16.5 Å². The number of hydrogen-bond acceptors (Lipinski definition) is 4. The predicted octanol–water partition coefficient (Wildman–Crippen LogP) is 5.47. The number of ether oxygens (including phenoxy) is 1. The summed E-state index contributed by atoms with van der Waals surface area (Å²) in [5.41, 5.74) is 0.912. The summed E-state index contributed by atoms with van der Waals surface area (Å²) in [5, 5.41) is 0.897. The minimum Gasteiger partial charge on any atom is -0.463 e. The maximum absolute atomic E-state index is 13.7. The van der Waals surface area contributed by atoms with Crippen LogP contribution >= 0.6 is 11.6 Å². The van der Waals surface area contributed by atoms with Crippen molar-refractivity contribution in [2.24, 2.45) is 0 Å². The van der Waals surface area contributed by atoms with Crippen molar-refractivity contribution in [2.45, 2.75) is 0 Å². The molecule has 4 aromatic rings. The highest BCUT2D eigenvalue weighted by molar-refractivity contribution is 6.30. The Kier molecular flexibility index (Phi) is 4.67. The third-order valence-electron chi connectivity index (χ3n) is 4.21. The van der Waals surface area contributed by atoms with Gasteiger partial charge in [-0.2, -0.15) is 0 Å². The lowest BCUT2D eigenvalue weighted by molar-refractivity contribution is 0.0730. The normalized spacial score (nSPS) is 10.8. The zero-order valence-electron chi connectivity index (χ0n) is 14.3. The smallest absolute Gasteiger partial charge is 0.346 e. The molecule has 138 valence electrons. The first-order chi connectivity index (χ1) is 13.5. The molecule has 0 atom stereocenters. The number of esters is 1. The number of hydrogen-bond donors (Lipinski definition) is 0. The fourth-order valence-corrected chi connectivity index (χ4v) is 2.92. The Morgan fingerprint density at radius 1 is 1.00 bits per heavy atom. The molecule has 28 heavy (non-hydrogen) atoms. The molecular weight excluding hydrogens is 383 g/mol. The standard InChI is InChI=1S/C22H12ClFO4/c23-14-7-5-13(6-8-14)18-12-27-20-11-15(9-10-17(20)21(18)25)28-22(26)16-3-1-2-4-19(16)24/h1-12H. The molecule has 0 aliphatic heterocycles. The van der Waals surface area contributed by atoms with E-state index in [4.69, 9.17) is 20.8 Å². The second kappa shape index (κ2) is 7.29. The molecule has 0 amide bonds. The first-order valence-electron chi connectivity index (χ1n) is 8.31. The van der Waals surface area contributed by atoms with Crippen molar-refractivity contribution in [3.63, 3.8) is 0 Å². The molecular formula is C22H12ClFO4. The van der Waals surface area contributed by atoms with Gasteiger partial charge >= 0.3 is 5.97 Å². The monoisotopic (exact) mass is 394 g/mol.